The average molecular weight is 325 g/mol. The van der Waals surface area contributed by atoms with Crippen LogP contribution in [0.25, 0.3) is 0 Å². The second kappa shape index (κ2) is 7.87. The summed E-state index contributed by atoms with van der Waals surface area (Å²) < 4.78 is 0. The van der Waals surface area contributed by atoms with Crippen molar-refractivity contribution in [3.8, 4) is 0 Å². The molecule has 2 aromatic rings. The van der Waals surface area contributed by atoms with Gasteiger partial charge in [-0.3, -0.25) is 15.0 Å². The Balaban J connectivity index is 2.00. The monoisotopic (exact) mass is 325 g/mol. The summed E-state index contributed by atoms with van der Waals surface area (Å²) in [6, 6.07) is 10.9. The number of amides is 2. The zero-order chi connectivity index (χ0) is 17.5. The summed E-state index contributed by atoms with van der Waals surface area (Å²) in [4.78, 5) is 26.0. The largest absolute Gasteiger partial charge is 0.326 e. The number of nitrogens with one attached hydrogen (secondary N) is 3. The van der Waals surface area contributed by atoms with Crippen LogP contribution in [0, 0.1) is 0 Å². The number of anilines is 3. The van der Waals surface area contributed by atoms with Gasteiger partial charge in [0.25, 0.3) is 0 Å². The summed E-state index contributed by atoms with van der Waals surface area (Å²) in [5.74, 6) is 0.215. The van der Waals surface area contributed by atoms with Crippen molar-refractivity contribution in [3.05, 3.63) is 48.2 Å². The molecule has 0 radical (unpaired) electrons. The van der Waals surface area contributed by atoms with Gasteiger partial charge in [-0.25, -0.2) is 4.98 Å². The van der Waals surface area contributed by atoms with Crippen LogP contribution in [-0.2, 0) is 9.59 Å². The van der Waals surface area contributed by atoms with Gasteiger partial charge in [0.15, 0.2) is 0 Å². The number of hydrogen-bond acceptors (Lipinski definition) is 5. The molecule has 2 rings (SSSR count). The predicted molar refractivity (Wildman–Crippen MR) is 95.1 cm³/mol. The number of hydrazone groups is 1. The molecule has 0 aliphatic rings. The molecular formula is C17H19N5O2. The van der Waals surface area contributed by atoms with Crippen LogP contribution in [0.15, 0.2) is 47.7 Å². The van der Waals surface area contributed by atoms with E-state index in [0.717, 1.165) is 17.0 Å². The third kappa shape index (κ3) is 5.20. The van der Waals surface area contributed by atoms with Crippen LogP contribution in [0.2, 0.25) is 0 Å². The molecule has 1 heterocycles. The van der Waals surface area contributed by atoms with E-state index < -0.39 is 0 Å². The Kier molecular flexibility index (Phi) is 5.62. The van der Waals surface area contributed by atoms with Gasteiger partial charge in [-0.05, 0) is 36.8 Å². The number of aromatic nitrogens is 1. The first-order chi connectivity index (χ1) is 11.4. The SMILES string of the molecule is CC(=O)Nc1ccc(/C(C)=N/Nc2ccc(NC(C)=O)nc2)cc1. The number of benzene rings is 1. The fourth-order valence-corrected chi connectivity index (χ4v) is 1.93. The number of nitrogens with zero attached hydrogens (tertiary/aromatic N) is 2. The molecule has 0 aliphatic heterocycles. The quantitative estimate of drug-likeness (QED) is 0.582. The van der Waals surface area contributed by atoms with Gasteiger partial charge in [-0.2, -0.15) is 5.10 Å². The van der Waals surface area contributed by atoms with E-state index in [1.165, 1.54) is 13.8 Å². The molecule has 0 unspecified atom stereocenters. The summed E-state index contributed by atoms with van der Waals surface area (Å²) >= 11 is 0. The molecule has 1 aromatic heterocycles. The smallest absolute Gasteiger partial charge is 0.222 e. The zero-order valence-corrected chi connectivity index (χ0v) is 13.8. The Labute approximate surface area is 140 Å². The van der Waals surface area contributed by atoms with Crippen molar-refractivity contribution in [1.29, 1.82) is 0 Å². The highest BCUT2D eigenvalue weighted by Crippen LogP contribution is 2.12. The van der Waals surface area contributed by atoms with Gasteiger partial charge >= 0.3 is 0 Å². The predicted octanol–water partition coefficient (Wildman–Crippen LogP) is 2.83. The van der Waals surface area contributed by atoms with Crippen molar-refractivity contribution in [3.63, 3.8) is 0 Å². The lowest BCUT2D eigenvalue weighted by molar-refractivity contribution is -0.115. The second-order valence-corrected chi connectivity index (χ2v) is 5.18. The second-order valence-electron chi connectivity index (χ2n) is 5.18. The highest BCUT2D eigenvalue weighted by atomic mass is 16.2. The van der Waals surface area contributed by atoms with Crippen molar-refractivity contribution in [2.75, 3.05) is 16.1 Å². The fraction of sp³-hybridized carbons (Fsp3) is 0.176. The molecule has 3 N–H and O–H groups in total. The minimum absolute atomic E-state index is 0.106. The molecule has 0 saturated carbocycles. The molecule has 1 aromatic carbocycles. The minimum Gasteiger partial charge on any atom is -0.326 e. The van der Waals surface area contributed by atoms with Crippen LogP contribution in [-0.4, -0.2) is 22.5 Å². The Morgan fingerprint density at radius 2 is 1.50 bits per heavy atom. The summed E-state index contributed by atoms with van der Waals surface area (Å²) in [7, 11) is 0. The van der Waals surface area contributed by atoms with E-state index >= 15 is 0 Å². The molecule has 2 amide bonds. The van der Waals surface area contributed by atoms with Crippen LogP contribution in [0.1, 0.15) is 26.3 Å². The lowest BCUT2D eigenvalue weighted by atomic mass is 10.1. The summed E-state index contributed by atoms with van der Waals surface area (Å²) in [6.45, 7) is 4.77. The Bertz CT molecular complexity index is 752. The van der Waals surface area contributed by atoms with Gasteiger partial charge in [0, 0.05) is 19.5 Å². The highest BCUT2D eigenvalue weighted by Gasteiger charge is 2.01. The van der Waals surface area contributed by atoms with Crippen molar-refractivity contribution < 1.29 is 9.59 Å². The van der Waals surface area contributed by atoms with Gasteiger partial charge in [0.1, 0.15) is 5.82 Å². The lowest BCUT2D eigenvalue weighted by Crippen LogP contribution is -2.07. The number of carbonyl (C=O) groups excluding carboxylic acids is 2. The minimum atomic E-state index is -0.167. The maximum absolute atomic E-state index is 11.0. The third-order valence-electron chi connectivity index (χ3n) is 3.04. The van der Waals surface area contributed by atoms with Crippen molar-refractivity contribution >= 4 is 34.7 Å². The van der Waals surface area contributed by atoms with E-state index in [4.69, 9.17) is 0 Å². The van der Waals surface area contributed by atoms with Crippen molar-refractivity contribution in [2.24, 2.45) is 5.10 Å². The summed E-state index contributed by atoms with van der Waals surface area (Å²) in [5.41, 5.74) is 6.08. The molecule has 24 heavy (non-hydrogen) atoms. The van der Waals surface area contributed by atoms with E-state index in [1.54, 1.807) is 18.3 Å². The van der Waals surface area contributed by atoms with Crippen LogP contribution in [0.3, 0.4) is 0 Å². The molecule has 0 aliphatic carbocycles. The number of pyridine rings is 1. The van der Waals surface area contributed by atoms with E-state index in [0.29, 0.717) is 11.5 Å². The molecule has 0 bridgehead atoms. The Hall–Kier alpha value is -3.22. The van der Waals surface area contributed by atoms with Gasteiger partial charge in [0.05, 0.1) is 17.6 Å². The number of carbonyl (C=O) groups is 2. The topological polar surface area (TPSA) is 95.5 Å². The number of rotatable bonds is 5. The first-order valence-electron chi connectivity index (χ1n) is 7.36. The van der Waals surface area contributed by atoms with Crippen LogP contribution in [0.5, 0.6) is 0 Å². The third-order valence-corrected chi connectivity index (χ3v) is 3.04. The first kappa shape index (κ1) is 17.1. The van der Waals surface area contributed by atoms with E-state index in [2.05, 4.69) is 26.1 Å². The van der Waals surface area contributed by atoms with E-state index in [-0.39, 0.29) is 11.8 Å². The van der Waals surface area contributed by atoms with Crippen LogP contribution < -0.4 is 16.1 Å². The first-order valence-corrected chi connectivity index (χ1v) is 7.36. The van der Waals surface area contributed by atoms with Crippen LogP contribution in [0.4, 0.5) is 17.2 Å². The maximum Gasteiger partial charge on any atom is 0.222 e. The normalized spacial score (nSPS) is 10.9. The highest BCUT2D eigenvalue weighted by molar-refractivity contribution is 5.99. The molecule has 124 valence electrons. The van der Waals surface area contributed by atoms with Gasteiger partial charge in [0.2, 0.25) is 11.8 Å². The van der Waals surface area contributed by atoms with Crippen molar-refractivity contribution in [1.82, 2.24) is 4.98 Å². The molecule has 7 heteroatoms. The zero-order valence-electron chi connectivity index (χ0n) is 13.8. The molecule has 0 fully saturated rings. The Morgan fingerprint density at radius 1 is 0.875 bits per heavy atom. The standard InChI is InChI=1S/C17H19N5O2/c1-11(14-4-6-15(7-5-14)19-12(2)23)21-22-16-8-9-17(18-10-16)20-13(3)24/h4-10,22H,1-3H3,(H,19,23)(H,18,20,24)/b21-11+. The molecule has 0 spiro atoms. The van der Waals surface area contributed by atoms with Crippen molar-refractivity contribution in [2.45, 2.75) is 20.8 Å². The molecule has 0 atom stereocenters. The summed E-state index contributed by atoms with van der Waals surface area (Å²) in [6.07, 6.45) is 1.59. The number of hydrogen-bond donors (Lipinski definition) is 3. The molecular weight excluding hydrogens is 306 g/mol. The molecule has 0 saturated heterocycles. The van der Waals surface area contributed by atoms with Gasteiger partial charge in [-0.1, -0.05) is 12.1 Å². The van der Waals surface area contributed by atoms with Crippen LogP contribution >= 0.6 is 0 Å². The average Bonchev–Trinajstić information content (AvgIpc) is 2.53. The molecule has 7 nitrogen and oxygen atoms in total. The maximum atomic E-state index is 11.0. The van der Waals surface area contributed by atoms with Gasteiger partial charge < -0.3 is 10.6 Å². The fourth-order valence-electron chi connectivity index (χ4n) is 1.93. The van der Waals surface area contributed by atoms with E-state index in [9.17, 15) is 9.59 Å². The Morgan fingerprint density at radius 3 is 2.04 bits per heavy atom. The lowest BCUT2D eigenvalue weighted by Gasteiger charge is -2.06. The van der Waals surface area contributed by atoms with Gasteiger partial charge in [-0.15, -0.1) is 0 Å². The van der Waals surface area contributed by atoms with E-state index in [1.807, 2.05) is 31.2 Å². The summed E-state index contributed by atoms with van der Waals surface area (Å²) in [5, 5.41) is 9.61.